The van der Waals surface area contributed by atoms with E-state index < -0.39 is 17.2 Å². The van der Waals surface area contributed by atoms with Crippen LogP contribution in [0.2, 0.25) is 0 Å². The summed E-state index contributed by atoms with van der Waals surface area (Å²) in [6.45, 7) is 24.5. The molecular weight excluding hydrogens is 761 g/mol. The number of carboxylic acids is 1. The van der Waals surface area contributed by atoms with Gasteiger partial charge in [0.25, 0.3) is 0 Å². The van der Waals surface area contributed by atoms with E-state index in [-0.39, 0.29) is 43.8 Å². The van der Waals surface area contributed by atoms with Crippen LogP contribution in [-0.4, -0.2) is 106 Å². The average Bonchev–Trinajstić information content (AvgIpc) is 3.12. The van der Waals surface area contributed by atoms with E-state index in [0.29, 0.717) is 0 Å². The van der Waals surface area contributed by atoms with E-state index in [1.54, 1.807) is 19.9 Å². The molecule has 338 valence electrons. The predicted octanol–water partition coefficient (Wildman–Crippen LogP) is 10.1. The summed E-state index contributed by atoms with van der Waals surface area (Å²) in [5, 5.41) is 33.5. The summed E-state index contributed by atoms with van der Waals surface area (Å²) in [7, 11) is 8.22. The summed E-state index contributed by atoms with van der Waals surface area (Å²) in [6, 6.07) is 16.9. The lowest BCUT2D eigenvalue weighted by Gasteiger charge is -2.20. The summed E-state index contributed by atoms with van der Waals surface area (Å²) in [6.07, 6.45) is 5.35. The molecule has 2 heterocycles. The highest BCUT2D eigenvalue weighted by Gasteiger charge is 2.25. The van der Waals surface area contributed by atoms with Crippen LogP contribution in [0.3, 0.4) is 0 Å². The number of nitrogens with zero attached hydrogens (tertiary/aromatic N) is 2. The summed E-state index contributed by atoms with van der Waals surface area (Å²) in [5.74, 6) is -1.43. The van der Waals surface area contributed by atoms with Crippen molar-refractivity contribution in [3.05, 3.63) is 94.4 Å². The molecule has 0 amide bonds. The molecule has 0 fully saturated rings. The predicted molar refractivity (Wildman–Crippen MR) is 258 cm³/mol. The number of carbonyl (C=O) groups is 3. The Labute approximate surface area is 364 Å². The average molecular weight is 845 g/mol. The summed E-state index contributed by atoms with van der Waals surface area (Å²) < 4.78 is 0. The maximum atomic E-state index is 11.3. The highest BCUT2D eigenvalue weighted by Crippen LogP contribution is 2.27. The highest BCUT2D eigenvalue weighted by molar-refractivity contribution is 8.00. The van der Waals surface area contributed by atoms with Gasteiger partial charge in [0, 0.05) is 34.4 Å². The van der Waals surface area contributed by atoms with Crippen molar-refractivity contribution >= 4 is 40.7 Å². The minimum atomic E-state index is -1.32. The number of ketones is 2. The molecule has 0 saturated heterocycles. The Morgan fingerprint density at radius 2 is 1.10 bits per heavy atom. The number of allylic oxidation sites excluding steroid dienone is 5. The van der Waals surface area contributed by atoms with Crippen molar-refractivity contribution in [3.63, 3.8) is 0 Å². The molecule has 10 nitrogen and oxygen atoms in total. The topological polar surface area (TPSA) is 142 Å². The Kier molecular flexibility index (Phi) is 33.7. The molecule has 5 N–H and O–H groups in total. The molecule has 0 saturated carbocycles. The van der Waals surface area contributed by atoms with Crippen LogP contribution in [0.5, 0.6) is 0 Å². The molecule has 59 heavy (non-hydrogen) atoms. The SMILES string of the molecule is C.C.C/C=C/C(=O)C(C)(C)O.CC(CC(=O)C(C)(C)O)SCC(=O)O.CC1=C(C)Nc2ccccc2C1.CC1=C(C)Nc2ccccc2C1.CCN(C)C.CCN(C)C. The maximum absolute atomic E-state index is 11.3. The fraction of sp³-hybridized carbons (Fsp3) is 0.562. The van der Waals surface area contributed by atoms with Gasteiger partial charge in [0.2, 0.25) is 0 Å². The van der Waals surface area contributed by atoms with Crippen LogP contribution in [0, 0.1) is 0 Å². The van der Waals surface area contributed by atoms with E-state index in [0.717, 1.165) is 25.9 Å². The number of Topliss-reactive ketones (excluding diaryl/α,β-unsaturated/α-hetero) is 1. The van der Waals surface area contributed by atoms with E-state index in [1.807, 2.05) is 0 Å². The largest absolute Gasteiger partial charge is 0.481 e. The van der Waals surface area contributed by atoms with Gasteiger partial charge in [-0.3, -0.25) is 14.4 Å². The first-order valence-corrected chi connectivity index (χ1v) is 20.7. The number of thioether (sulfide) groups is 1. The molecule has 11 heteroatoms. The summed E-state index contributed by atoms with van der Waals surface area (Å²) in [4.78, 5) is 36.5. The zero-order chi connectivity index (χ0) is 44.5. The minimum absolute atomic E-state index is 0. The van der Waals surface area contributed by atoms with E-state index in [9.17, 15) is 19.5 Å². The van der Waals surface area contributed by atoms with E-state index in [4.69, 9.17) is 10.2 Å². The Balaban J connectivity index is -0.000000316. The normalized spacial score (nSPS) is 13.1. The lowest BCUT2D eigenvalue weighted by atomic mass is 9.99. The maximum Gasteiger partial charge on any atom is 0.313 e. The first-order chi connectivity index (χ1) is 26.3. The standard InChI is InChI=1S/2C11H13N.C9H16O4S.C7H12O2.2C4H11N.2CH4/c2*1-8-7-10-5-3-4-6-11(10)12-9(8)2;1-6(14-5-8(11)12)4-7(10)9(2,3)13;1-4-5-6(8)7(2,3)9;2*1-4-5(2)3;;/h2*3-6,12H,7H2,1-2H3;6,13H,4-5H2,1-3H3,(H,11,12);4-5,9H,1-3H3;2*4H2,1-3H3;2*1H4/b;;;5-4+;;;;. The number of carbonyl (C=O) groups excluding carboxylic acids is 2. The van der Waals surface area contributed by atoms with Crippen LogP contribution >= 0.6 is 11.8 Å². The highest BCUT2D eigenvalue weighted by atomic mass is 32.2. The quantitative estimate of drug-likeness (QED) is 0.146. The molecular formula is C48H84N4O6S. The van der Waals surface area contributed by atoms with Gasteiger partial charge in [-0.25, -0.2) is 0 Å². The van der Waals surface area contributed by atoms with E-state index in [2.05, 4.69) is 139 Å². The third-order valence-electron chi connectivity index (χ3n) is 8.70. The fourth-order valence-corrected chi connectivity index (χ4v) is 4.88. The van der Waals surface area contributed by atoms with Crippen molar-refractivity contribution in [2.75, 3.05) is 57.7 Å². The van der Waals surface area contributed by atoms with Crippen molar-refractivity contribution in [1.82, 2.24) is 9.80 Å². The van der Waals surface area contributed by atoms with Crippen molar-refractivity contribution in [2.45, 2.75) is 134 Å². The third kappa shape index (κ3) is 30.0. The van der Waals surface area contributed by atoms with Crippen LogP contribution in [0.25, 0.3) is 0 Å². The lowest BCUT2D eigenvalue weighted by Crippen LogP contribution is -2.32. The van der Waals surface area contributed by atoms with Gasteiger partial charge in [-0.15, -0.1) is 11.8 Å². The number of benzene rings is 2. The van der Waals surface area contributed by atoms with Gasteiger partial charge in [-0.05, 0) is 157 Å². The molecule has 0 aliphatic carbocycles. The lowest BCUT2D eigenvalue weighted by molar-refractivity contribution is -0.134. The van der Waals surface area contributed by atoms with Crippen molar-refractivity contribution in [1.29, 1.82) is 0 Å². The molecule has 4 rings (SSSR count). The van der Waals surface area contributed by atoms with Gasteiger partial charge in [0.05, 0.1) is 5.75 Å². The van der Waals surface area contributed by atoms with Gasteiger partial charge < -0.3 is 35.8 Å². The zero-order valence-electron chi connectivity index (χ0n) is 38.0. The second-order valence-corrected chi connectivity index (χ2v) is 17.1. The molecule has 2 aromatic rings. The van der Waals surface area contributed by atoms with Gasteiger partial charge >= 0.3 is 5.97 Å². The number of carboxylic acid groups (broad SMARTS) is 1. The number of anilines is 2. The first kappa shape index (κ1) is 61.9. The van der Waals surface area contributed by atoms with Gasteiger partial charge in [-0.1, -0.05) is 78.1 Å². The van der Waals surface area contributed by atoms with Gasteiger partial charge in [0.15, 0.2) is 11.6 Å². The van der Waals surface area contributed by atoms with Gasteiger partial charge in [-0.2, -0.15) is 0 Å². The summed E-state index contributed by atoms with van der Waals surface area (Å²) in [5.41, 5.74) is 8.28. The zero-order valence-corrected chi connectivity index (χ0v) is 38.8. The van der Waals surface area contributed by atoms with Crippen LogP contribution < -0.4 is 10.6 Å². The minimum Gasteiger partial charge on any atom is -0.481 e. The Hall–Kier alpha value is -3.74. The first-order valence-electron chi connectivity index (χ1n) is 19.6. The van der Waals surface area contributed by atoms with Crippen LogP contribution in [0.1, 0.15) is 115 Å². The van der Waals surface area contributed by atoms with Crippen LogP contribution in [0.4, 0.5) is 11.4 Å². The van der Waals surface area contributed by atoms with Crippen LogP contribution in [0.15, 0.2) is 83.2 Å². The van der Waals surface area contributed by atoms with E-state index in [1.165, 1.54) is 90.6 Å². The van der Waals surface area contributed by atoms with Crippen LogP contribution in [-0.2, 0) is 27.2 Å². The molecule has 0 spiro atoms. The smallest absolute Gasteiger partial charge is 0.313 e. The number of fused-ring (bicyclic) bond motifs is 2. The molecule has 1 atom stereocenters. The van der Waals surface area contributed by atoms with Crippen molar-refractivity contribution in [2.24, 2.45) is 0 Å². The molecule has 2 aliphatic rings. The molecule has 0 aromatic heterocycles. The second-order valence-electron chi connectivity index (χ2n) is 15.6. The molecule has 2 aliphatic heterocycles. The number of aliphatic carboxylic acids is 1. The number of aliphatic hydroxyl groups is 2. The second kappa shape index (κ2) is 32.1. The fourth-order valence-electron chi connectivity index (χ4n) is 4.19. The third-order valence-corrected chi connectivity index (χ3v) is 9.85. The Morgan fingerprint density at radius 1 is 0.746 bits per heavy atom. The number of para-hydroxylation sites is 2. The van der Waals surface area contributed by atoms with E-state index >= 15 is 0 Å². The number of hydrogen-bond donors (Lipinski definition) is 5. The number of hydrogen-bond acceptors (Lipinski definition) is 10. The van der Waals surface area contributed by atoms with Crippen molar-refractivity contribution < 1.29 is 29.7 Å². The van der Waals surface area contributed by atoms with Gasteiger partial charge in [0.1, 0.15) is 11.2 Å². The Morgan fingerprint density at radius 3 is 1.37 bits per heavy atom. The molecule has 0 radical (unpaired) electrons. The monoisotopic (exact) mass is 845 g/mol. The van der Waals surface area contributed by atoms with Crippen molar-refractivity contribution in [3.8, 4) is 0 Å². The summed E-state index contributed by atoms with van der Waals surface area (Å²) >= 11 is 1.20. The number of rotatable bonds is 10. The Bertz CT molecular complexity index is 1460. The molecule has 2 aromatic carbocycles. The molecule has 0 bridgehead atoms. The number of nitrogens with one attached hydrogen (secondary N) is 2. The molecule has 1 unspecified atom stereocenters.